The molecule has 0 saturated carbocycles. The summed E-state index contributed by atoms with van der Waals surface area (Å²) in [7, 11) is 1.52. The fourth-order valence-electron chi connectivity index (χ4n) is 2.58. The molecule has 31 heavy (non-hydrogen) atoms. The summed E-state index contributed by atoms with van der Waals surface area (Å²) in [6, 6.07) is 10.8. The molecule has 0 aliphatic carbocycles. The maximum atomic E-state index is 12.9. The number of hydrogen-bond donors (Lipinski definition) is 3. The molecule has 2 rings (SSSR count). The van der Waals surface area contributed by atoms with Gasteiger partial charge in [0.1, 0.15) is 23.4 Å². The van der Waals surface area contributed by atoms with Crippen LogP contribution in [0.3, 0.4) is 0 Å². The number of rotatable bonds is 8. The van der Waals surface area contributed by atoms with Crippen molar-refractivity contribution in [1.82, 2.24) is 16.2 Å². The molecule has 0 saturated heterocycles. The molecule has 2 aromatic rings. The number of halogens is 1. The summed E-state index contributed by atoms with van der Waals surface area (Å²) >= 11 is 0. The third-order valence-corrected chi connectivity index (χ3v) is 4.39. The molecular formula is C22H26FN3O5. The lowest BCUT2D eigenvalue weighted by molar-refractivity contribution is -0.133. The first-order valence-electron chi connectivity index (χ1n) is 9.68. The lowest BCUT2D eigenvalue weighted by Gasteiger charge is -2.22. The molecule has 0 fully saturated rings. The van der Waals surface area contributed by atoms with Crippen molar-refractivity contribution in [1.29, 1.82) is 0 Å². The highest BCUT2D eigenvalue weighted by molar-refractivity contribution is 5.98. The molecule has 166 valence electrons. The molecule has 0 aliphatic rings. The summed E-state index contributed by atoms with van der Waals surface area (Å²) in [5.41, 5.74) is 4.94. The lowest BCUT2D eigenvalue weighted by Crippen LogP contribution is -2.55. The van der Waals surface area contributed by atoms with Crippen LogP contribution in [0, 0.1) is 11.7 Å². The van der Waals surface area contributed by atoms with Crippen LogP contribution in [0.4, 0.5) is 4.39 Å². The van der Waals surface area contributed by atoms with Crippen molar-refractivity contribution >= 4 is 17.7 Å². The van der Waals surface area contributed by atoms with Gasteiger partial charge in [0.05, 0.1) is 7.11 Å². The highest BCUT2D eigenvalue weighted by Gasteiger charge is 2.26. The van der Waals surface area contributed by atoms with Crippen LogP contribution in [0.2, 0.25) is 0 Å². The molecule has 2 atom stereocenters. The maximum Gasteiger partial charge on any atom is 0.279 e. The molecule has 0 aliphatic heterocycles. The topological polar surface area (TPSA) is 106 Å². The summed E-state index contributed by atoms with van der Waals surface area (Å²) < 4.78 is 23.4. The van der Waals surface area contributed by atoms with Crippen molar-refractivity contribution in [3.05, 3.63) is 59.9 Å². The highest BCUT2D eigenvalue weighted by atomic mass is 19.1. The largest absolute Gasteiger partial charge is 0.497 e. The maximum absolute atomic E-state index is 12.9. The molecule has 2 aromatic carbocycles. The monoisotopic (exact) mass is 431 g/mol. The highest BCUT2D eigenvalue weighted by Crippen LogP contribution is 2.13. The van der Waals surface area contributed by atoms with Gasteiger partial charge in [0.2, 0.25) is 0 Å². The molecule has 0 radical (unpaired) electrons. The second-order valence-corrected chi connectivity index (χ2v) is 7.12. The average molecular weight is 431 g/mol. The zero-order valence-electron chi connectivity index (χ0n) is 17.8. The zero-order valence-corrected chi connectivity index (χ0v) is 17.8. The number of nitrogens with one attached hydrogen (secondary N) is 3. The van der Waals surface area contributed by atoms with Gasteiger partial charge in [-0.15, -0.1) is 0 Å². The summed E-state index contributed by atoms with van der Waals surface area (Å²) in [5, 5.41) is 2.66. The lowest BCUT2D eigenvalue weighted by atomic mass is 10.0. The van der Waals surface area contributed by atoms with Crippen LogP contribution in [0.15, 0.2) is 48.5 Å². The minimum atomic E-state index is -0.947. The van der Waals surface area contributed by atoms with E-state index in [1.54, 1.807) is 38.1 Å². The van der Waals surface area contributed by atoms with Crippen LogP contribution in [0.1, 0.15) is 31.1 Å². The van der Waals surface area contributed by atoms with Gasteiger partial charge < -0.3 is 14.8 Å². The molecule has 9 heteroatoms. The van der Waals surface area contributed by atoms with Gasteiger partial charge in [0.15, 0.2) is 6.10 Å². The second-order valence-electron chi connectivity index (χ2n) is 7.12. The van der Waals surface area contributed by atoms with E-state index in [0.717, 1.165) is 0 Å². The second kappa shape index (κ2) is 11.0. The van der Waals surface area contributed by atoms with E-state index in [4.69, 9.17) is 9.47 Å². The van der Waals surface area contributed by atoms with Gasteiger partial charge in [-0.2, -0.15) is 0 Å². The van der Waals surface area contributed by atoms with Crippen LogP contribution in [-0.2, 0) is 9.59 Å². The smallest absolute Gasteiger partial charge is 0.279 e. The molecule has 0 heterocycles. The number of methoxy groups -OCH3 is 1. The Morgan fingerprint density at radius 1 is 0.839 bits per heavy atom. The fraction of sp³-hybridized carbons (Fsp3) is 0.318. The minimum Gasteiger partial charge on any atom is -0.497 e. The number of carbonyl (C=O) groups excluding carboxylic acids is 3. The SMILES string of the molecule is COc1ccc(C(=O)NC(C(=O)NNC(=O)C(C)Oc2ccc(F)cc2)C(C)C)cc1. The van der Waals surface area contributed by atoms with Gasteiger partial charge >= 0.3 is 0 Å². The number of ether oxygens (including phenoxy) is 2. The minimum absolute atomic E-state index is 0.244. The van der Waals surface area contributed by atoms with E-state index in [1.807, 2.05) is 0 Å². The molecule has 8 nitrogen and oxygen atoms in total. The van der Waals surface area contributed by atoms with Gasteiger partial charge in [-0.1, -0.05) is 13.8 Å². The van der Waals surface area contributed by atoms with Gasteiger partial charge in [-0.05, 0) is 61.4 Å². The van der Waals surface area contributed by atoms with Crippen molar-refractivity contribution in [3.63, 3.8) is 0 Å². The summed E-state index contributed by atoms with van der Waals surface area (Å²) in [5.74, 6) is -1.38. The van der Waals surface area contributed by atoms with Crippen molar-refractivity contribution in [2.75, 3.05) is 7.11 Å². The summed E-state index contributed by atoms with van der Waals surface area (Å²) in [6.07, 6.45) is -0.947. The quantitative estimate of drug-likeness (QED) is 0.556. The van der Waals surface area contributed by atoms with E-state index >= 15 is 0 Å². The Hall–Kier alpha value is -3.62. The van der Waals surface area contributed by atoms with E-state index < -0.39 is 35.7 Å². The molecule has 3 N–H and O–H groups in total. The standard InChI is InChI=1S/C22H26FN3O5/c1-13(2)19(24-21(28)15-5-9-17(30-4)10-6-15)22(29)26-25-20(27)14(3)31-18-11-7-16(23)8-12-18/h5-14,19H,1-4H3,(H,24,28)(H,25,27)(H,26,29). The van der Waals surface area contributed by atoms with Gasteiger partial charge in [-0.3, -0.25) is 25.2 Å². The molecular weight excluding hydrogens is 405 g/mol. The normalized spacial score (nSPS) is 12.5. The molecule has 0 spiro atoms. The number of amides is 3. The van der Waals surface area contributed by atoms with Crippen LogP contribution in [0.5, 0.6) is 11.5 Å². The van der Waals surface area contributed by atoms with Crippen molar-refractivity contribution in [2.24, 2.45) is 5.92 Å². The number of benzene rings is 2. The van der Waals surface area contributed by atoms with Crippen LogP contribution in [0.25, 0.3) is 0 Å². The third-order valence-electron chi connectivity index (χ3n) is 4.39. The first kappa shape index (κ1) is 23.7. The predicted octanol–water partition coefficient (Wildman–Crippen LogP) is 2.20. The first-order valence-corrected chi connectivity index (χ1v) is 9.68. The van der Waals surface area contributed by atoms with Crippen molar-refractivity contribution < 1.29 is 28.2 Å². The fourth-order valence-corrected chi connectivity index (χ4v) is 2.58. The van der Waals surface area contributed by atoms with E-state index in [9.17, 15) is 18.8 Å². The van der Waals surface area contributed by atoms with Gasteiger partial charge in [-0.25, -0.2) is 4.39 Å². The van der Waals surface area contributed by atoms with E-state index in [-0.39, 0.29) is 5.92 Å². The predicted molar refractivity (Wildman–Crippen MR) is 112 cm³/mol. The molecule has 3 amide bonds. The molecule has 2 unspecified atom stereocenters. The Labute approximate surface area is 180 Å². The summed E-state index contributed by atoms with van der Waals surface area (Å²) in [6.45, 7) is 5.01. The van der Waals surface area contributed by atoms with Crippen molar-refractivity contribution in [3.8, 4) is 11.5 Å². The third kappa shape index (κ3) is 6.98. The Bertz CT molecular complexity index is 900. The van der Waals surface area contributed by atoms with Gasteiger partial charge in [0.25, 0.3) is 17.7 Å². The number of carbonyl (C=O) groups is 3. The molecule has 0 bridgehead atoms. The van der Waals surface area contributed by atoms with E-state index in [1.165, 1.54) is 38.3 Å². The Balaban J connectivity index is 1.91. The van der Waals surface area contributed by atoms with Crippen LogP contribution < -0.4 is 25.6 Å². The van der Waals surface area contributed by atoms with E-state index in [0.29, 0.717) is 17.1 Å². The van der Waals surface area contributed by atoms with Crippen LogP contribution in [-0.4, -0.2) is 37.0 Å². The number of hydrogen-bond acceptors (Lipinski definition) is 5. The zero-order chi connectivity index (χ0) is 23.0. The Morgan fingerprint density at radius 2 is 1.39 bits per heavy atom. The summed E-state index contributed by atoms with van der Waals surface area (Å²) in [4.78, 5) is 37.2. The average Bonchev–Trinajstić information content (AvgIpc) is 2.76. The number of hydrazine groups is 1. The van der Waals surface area contributed by atoms with Crippen molar-refractivity contribution in [2.45, 2.75) is 32.9 Å². The Kier molecular flexibility index (Phi) is 8.36. The first-order chi connectivity index (χ1) is 14.7. The molecule has 0 aromatic heterocycles. The van der Waals surface area contributed by atoms with E-state index in [2.05, 4.69) is 16.2 Å². The van der Waals surface area contributed by atoms with Gasteiger partial charge in [0, 0.05) is 5.56 Å². The van der Waals surface area contributed by atoms with Crippen LogP contribution >= 0.6 is 0 Å². The Morgan fingerprint density at radius 3 is 1.94 bits per heavy atom.